The molecule has 0 saturated heterocycles. The molecule has 0 atom stereocenters. The fourth-order valence-corrected chi connectivity index (χ4v) is 2.36. The van der Waals surface area contributed by atoms with Gasteiger partial charge in [-0.3, -0.25) is 0 Å². The Hall–Kier alpha value is 0.866. The first-order chi connectivity index (χ1) is 7.50. The summed E-state index contributed by atoms with van der Waals surface area (Å²) in [6, 6.07) is 0. The number of hydrogen-bond acceptors (Lipinski definition) is 0. The van der Waals surface area contributed by atoms with Gasteiger partial charge in [-0.1, -0.05) is 0 Å². The van der Waals surface area contributed by atoms with Crippen LogP contribution in [0.15, 0.2) is 0 Å². The molecule has 102 valence electrons. The van der Waals surface area contributed by atoms with Crippen LogP contribution < -0.4 is 0 Å². The maximum atomic E-state index is 13.1. The van der Waals surface area contributed by atoms with Crippen LogP contribution in [0.25, 0.3) is 0 Å². The molecule has 1 aliphatic carbocycles. The van der Waals surface area contributed by atoms with Crippen molar-refractivity contribution in [3.05, 3.63) is 0 Å². The van der Waals surface area contributed by atoms with E-state index in [2.05, 4.69) is 0 Å². The molecule has 18 heavy (non-hydrogen) atoms. The molecule has 0 spiro atoms. The van der Waals surface area contributed by atoms with Gasteiger partial charge in [-0.15, -0.1) is 0 Å². The van der Waals surface area contributed by atoms with E-state index in [1.54, 1.807) is 0 Å². The summed E-state index contributed by atoms with van der Waals surface area (Å²) in [4.78, 5) is 0. The van der Waals surface area contributed by atoms with E-state index in [0.717, 1.165) is 0 Å². The van der Waals surface area contributed by atoms with Crippen molar-refractivity contribution >= 4 is 49.0 Å². The van der Waals surface area contributed by atoms with E-state index in [4.69, 9.17) is 0 Å². The van der Waals surface area contributed by atoms with Crippen LogP contribution in [0.3, 0.4) is 0 Å². The maximum absolute atomic E-state index is 13.1. The number of rotatable bonds is 0. The summed E-state index contributed by atoms with van der Waals surface area (Å²) in [5.74, 6) is -34.1. The summed E-state index contributed by atoms with van der Waals surface area (Å²) in [5.41, 5.74) is 0. The van der Waals surface area contributed by atoms with Crippen LogP contribution >= 0.6 is 0 Å². The van der Waals surface area contributed by atoms with Crippen LogP contribution in [-0.4, -0.2) is 78.3 Å². The minimum atomic E-state index is -7.08. The second-order valence-corrected chi connectivity index (χ2v) is 6.03. The first kappa shape index (κ1) is 16.9. The van der Waals surface area contributed by atoms with Crippen molar-refractivity contribution in [1.82, 2.24) is 0 Å². The van der Waals surface area contributed by atoms with Gasteiger partial charge in [0, 0.05) is 0 Å². The van der Waals surface area contributed by atoms with E-state index < -0.39 is 78.3 Å². The summed E-state index contributed by atoms with van der Waals surface area (Å²) in [5, 5.41) is 0. The minimum absolute atomic E-state index is 2.64. The normalized spacial score (nSPS) is 34.1. The van der Waals surface area contributed by atoms with Crippen molar-refractivity contribution in [3.63, 3.8) is 0 Å². The molecule has 0 heterocycles. The molecule has 1 rings (SSSR count). The van der Waals surface area contributed by atoms with Crippen molar-refractivity contribution in [2.24, 2.45) is 0 Å². The summed E-state index contributed by atoms with van der Waals surface area (Å²) in [6.07, 6.45) is 0. The van der Waals surface area contributed by atoms with Crippen molar-refractivity contribution in [3.8, 4) is 0 Å². The summed E-state index contributed by atoms with van der Waals surface area (Å²) in [6.45, 7) is 0. The van der Waals surface area contributed by atoms with Gasteiger partial charge in [0.2, 0.25) is 0 Å². The zero-order valence-corrected chi connectivity index (χ0v) is 11.3. The van der Waals surface area contributed by atoms with Crippen molar-refractivity contribution in [2.75, 3.05) is 0 Å². The molecule has 0 aromatic rings. The average Bonchev–Trinajstić information content (AvgIpc) is 2.14. The molecule has 0 N–H and O–H groups in total. The van der Waals surface area contributed by atoms with E-state index in [-0.39, 0.29) is 0 Å². The van der Waals surface area contributed by atoms with Gasteiger partial charge < -0.3 is 0 Å². The molecule has 1 fully saturated rings. The molecule has 0 radical (unpaired) electrons. The summed E-state index contributed by atoms with van der Waals surface area (Å²) in [7, 11) is 0. The molecule has 0 bridgehead atoms. The summed E-state index contributed by atoms with van der Waals surface area (Å²) < 4.78 is 134. The third-order valence-corrected chi connectivity index (χ3v) is 4.72. The van der Waals surface area contributed by atoms with Crippen LogP contribution in [0.5, 0.6) is 0 Å². The molecule has 1 aliphatic rings. The quantitative estimate of drug-likeness (QED) is 0.475. The molecule has 0 aliphatic heterocycles. The Morgan fingerprint density at radius 3 is 0.778 bits per heavy atom. The van der Waals surface area contributed by atoms with Crippen molar-refractivity contribution in [1.29, 1.82) is 0 Å². The Balaban J connectivity index is 3.72. The summed E-state index contributed by atoms with van der Waals surface area (Å²) >= 11 is -2.64. The second kappa shape index (κ2) is 3.74. The van der Waals surface area contributed by atoms with Crippen molar-refractivity contribution < 1.29 is 48.3 Å². The molecule has 12 heteroatoms. The number of alkyl halides is 11. The van der Waals surface area contributed by atoms with Crippen molar-refractivity contribution in [2.45, 2.75) is 29.4 Å². The first-order valence-electron chi connectivity index (χ1n) is 4.08. The van der Waals surface area contributed by atoms with Gasteiger partial charge in [-0.05, 0) is 0 Å². The van der Waals surface area contributed by atoms with E-state index in [0.29, 0.717) is 0 Å². The van der Waals surface area contributed by atoms with E-state index >= 15 is 0 Å². The third-order valence-electron chi connectivity index (χ3n) is 2.76. The van der Waals surface area contributed by atoms with Crippen LogP contribution in [0, 0.1) is 0 Å². The monoisotopic (exact) mass is 320 g/mol. The van der Waals surface area contributed by atoms with E-state index in [9.17, 15) is 48.3 Å². The molecular formula is C6F11K. The third kappa shape index (κ3) is 1.41. The molecule has 0 amide bonds. The van der Waals surface area contributed by atoms with Crippen LogP contribution in [0.1, 0.15) is 0 Å². The van der Waals surface area contributed by atoms with Gasteiger partial charge in [0.05, 0.1) is 0 Å². The Bertz CT molecular complexity index is 253. The first-order valence-corrected chi connectivity index (χ1v) is 5.64. The molecular weight excluding hydrogens is 320 g/mol. The molecule has 0 aromatic heterocycles. The van der Waals surface area contributed by atoms with Crippen LogP contribution in [0.4, 0.5) is 48.3 Å². The van der Waals surface area contributed by atoms with E-state index in [1.165, 1.54) is 0 Å². The van der Waals surface area contributed by atoms with Crippen LogP contribution in [-0.2, 0) is 0 Å². The predicted molar refractivity (Wildman–Crippen MR) is 34.3 cm³/mol. The number of hydrogen-bond donors (Lipinski definition) is 0. The number of halogens is 11. The predicted octanol–water partition coefficient (Wildman–Crippen LogP) is 3.01. The topological polar surface area (TPSA) is 0 Å². The Morgan fingerprint density at radius 1 is 0.389 bits per heavy atom. The Morgan fingerprint density at radius 2 is 0.556 bits per heavy atom. The molecule has 0 unspecified atom stereocenters. The van der Waals surface area contributed by atoms with Gasteiger partial charge >= 0.3 is 127 Å². The molecule has 0 nitrogen and oxygen atoms in total. The fourth-order valence-electron chi connectivity index (χ4n) is 1.38. The zero-order chi connectivity index (χ0) is 15.0. The second-order valence-electron chi connectivity index (χ2n) is 3.87. The fraction of sp³-hybridized carbons (Fsp3) is 1.00. The molecule has 0 aromatic carbocycles. The standard InChI is InChI=1S/C6F11.K/c7-1-2(8,9)4(12,13)6(16,17)5(14,15)3(1,10)11;. The SMILES string of the molecule is FC1(F)C(F)(F)C(F)(F)[C](F)([K])C(F)(F)C1(F)F. The van der Waals surface area contributed by atoms with Gasteiger partial charge in [-0.25, -0.2) is 0 Å². The van der Waals surface area contributed by atoms with Gasteiger partial charge in [0.1, 0.15) is 0 Å². The van der Waals surface area contributed by atoms with Gasteiger partial charge in [0.15, 0.2) is 0 Å². The van der Waals surface area contributed by atoms with Gasteiger partial charge in [0.25, 0.3) is 0 Å². The average molecular weight is 320 g/mol. The zero-order valence-electron chi connectivity index (χ0n) is 8.16. The Kier molecular flexibility index (Phi) is 3.52. The van der Waals surface area contributed by atoms with Gasteiger partial charge in [-0.2, -0.15) is 0 Å². The van der Waals surface area contributed by atoms with Crippen LogP contribution in [0.2, 0.25) is 0 Å². The Labute approximate surface area is 125 Å². The van der Waals surface area contributed by atoms with E-state index in [1.807, 2.05) is 0 Å². The molecule has 1 saturated carbocycles.